The van der Waals surface area contributed by atoms with Crippen LogP contribution in [0.2, 0.25) is 0 Å². The van der Waals surface area contributed by atoms with Gasteiger partial charge in [-0.05, 0) is 42.8 Å². The summed E-state index contributed by atoms with van der Waals surface area (Å²) in [7, 11) is 1.61. The Balaban J connectivity index is 1.89. The number of methoxy groups -OCH3 is 1. The number of amides is 1. The van der Waals surface area contributed by atoms with Gasteiger partial charge in [-0.15, -0.1) is 0 Å². The molecule has 0 unspecified atom stereocenters. The van der Waals surface area contributed by atoms with Crippen molar-refractivity contribution in [1.29, 1.82) is 0 Å². The third kappa shape index (κ3) is 4.98. The Morgan fingerprint density at radius 1 is 1.22 bits per heavy atom. The summed E-state index contributed by atoms with van der Waals surface area (Å²) in [5, 5.41) is 2.87. The molecule has 0 aliphatic heterocycles. The van der Waals surface area contributed by atoms with Crippen LogP contribution < -0.4 is 15.0 Å². The van der Waals surface area contributed by atoms with Gasteiger partial charge in [0, 0.05) is 18.8 Å². The van der Waals surface area contributed by atoms with Crippen LogP contribution in [-0.2, 0) is 11.3 Å². The SMILES string of the molecule is CCN(CC(=O)NCc1ccc(OC)cc1)c1cccc(F)c1. The minimum atomic E-state index is -0.306. The molecular weight excluding hydrogens is 295 g/mol. The number of carbonyl (C=O) groups is 1. The molecule has 0 aliphatic carbocycles. The fourth-order valence-electron chi connectivity index (χ4n) is 2.23. The quantitative estimate of drug-likeness (QED) is 0.854. The van der Waals surface area contributed by atoms with Crippen LogP contribution in [0.4, 0.5) is 10.1 Å². The van der Waals surface area contributed by atoms with E-state index in [1.165, 1.54) is 12.1 Å². The van der Waals surface area contributed by atoms with Crippen LogP contribution in [0.3, 0.4) is 0 Å². The molecule has 0 saturated heterocycles. The molecule has 0 atom stereocenters. The number of halogens is 1. The lowest BCUT2D eigenvalue weighted by Gasteiger charge is -2.22. The lowest BCUT2D eigenvalue weighted by molar-refractivity contribution is -0.119. The predicted molar refractivity (Wildman–Crippen MR) is 89.1 cm³/mol. The van der Waals surface area contributed by atoms with Crippen molar-refractivity contribution in [3.63, 3.8) is 0 Å². The zero-order valence-corrected chi connectivity index (χ0v) is 13.4. The minimum absolute atomic E-state index is 0.105. The Hall–Kier alpha value is -2.56. The second-order valence-electron chi connectivity index (χ2n) is 5.12. The number of nitrogens with one attached hydrogen (secondary N) is 1. The predicted octanol–water partition coefficient (Wildman–Crippen LogP) is 2.98. The van der Waals surface area contributed by atoms with E-state index in [1.54, 1.807) is 19.2 Å². The van der Waals surface area contributed by atoms with Gasteiger partial charge >= 0.3 is 0 Å². The summed E-state index contributed by atoms with van der Waals surface area (Å²) < 4.78 is 18.4. The van der Waals surface area contributed by atoms with Crippen LogP contribution in [0.5, 0.6) is 5.75 Å². The zero-order chi connectivity index (χ0) is 16.7. The van der Waals surface area contributed by atoms with Crippen LogP contribution in [0, 0.1) is 5.82 Å². The summed E-state index contributed by atoms with van der Waals surface area (Å²) in [6.07, 6.45) is 0. The molecule has 0 fully saturated rings. The van der Waals surface area contributed by atoms with Crippen molar-refractivity contribution in [3.8, 4) is 5.75 Å². The van der Waals surface area contributed by atoms with Crippen molar-refractivity contribution in [2.45, 2.75) is 13.5 Å². The smallest absolute Gasteiger partial charge is 0.239 e. The van der Waals surface area contributed by atoms with Crippen LogP contribution in [0.1, 0.15) is 12.5 Å². The summed E-state index contributed by atoms with van der Waals surface area (Å²) in [6.45, 7) is 3.20. The third-order valence-electron chi connectivity index (χ3n) is 3.54. The van der Waals surface area contributed by atoms with Crippen LogP contribution in [0.15, 0.2) is 48.5 Å². The van der Waals surface area contributed by atoms with Gasteiger partial charge in [0.2, 0.25) is 5.91 Å². The van der Waals surface area contributed by atoms with E-state index in [4.69, 9.17) is 4.74 Å². The van der Waals surface area contributed by atoms with E-state index in [2.05, 4.69) is 5.32 Å². The first-order valence-corrected chi connectivity index (χ1v) is 7.52. The molecular formula is C18H21FN2O2. The van der Waals surface area contributed by atoms with E-state index in [-0.39, 0.29) is 18.3 Å². The highest BCUT2D eigenvalue weighted by atomic mass is 19.1. The molecule has 4 nitrogen and oxygen atoms in total. The molecule has 5 heteroatoms. The summed E-state index contributed by atoms with van der Waals surface area (Å²) >= 11 is 0. The average Bonchev–Trinajstić information content (AvgIpc) is 2.58. The molecule has 0 aromatic heterocycles. The molecule has 0 saturated carbocycles. The summed E-state index contributed by atoms with van der Waals surface area (Å²) in [4.78, 5) is 13.9. The van der Waals surface area contributed by atoms with Crippen LogP contribution in [-0.4, -0.2) is 26.1 Å². The molecule has 2 aromatic carbocycles. The van der Waals surface area contributed by atoms with Crippen molar-refractivity contribution in [2.24, 2.45) is 0 Å². The minimum Gasteiger partial charge on any atom is -0.497 e. The van der Waals surface area contributed by atoms with E-state index < -0.39 is 0 Å². The number of hydrogen-bond donors (Lipinski definition) is 1. The number of rotatable bonds is 7. The third-order valence-corrected chi connectivity index (χ3v) is 3.54. The van der Waals surface area contributed by atoms with Crippen molar-refractivity contribution >= 4 is 11.6 Å². The highest BCUT2D eigenvalue weighted by molar-refractivity contribution is 5.81. The Morgan fingerprint density at radius 3 is 2.57 bits per heavy atom. The van der Waals surface area contributed by atoms with Crippen molar-refractivity contribution < 1.29 is 13.9 Å². The number of ether oxygens (including phenoxy) is 1. The number of carbonyl (C=O) groups excluding carboxylic acids is 1. The molecule has 2 rings (SSSR count). The van der Waals surface area contributed by atoms with Crippen molar-refractivity contribution in [2.75, 3.05) is 25.1 Å². The van der Waals surface area contributed by atoms with Gasteiger partial charge in [0.05, 0.1) is 13.7 Å². The first kappa shape index (κ1) is 16.8. The van der Waals surface area contributed by atoms with E-state index in [9.17, 15) is 9.18 Å². The lowest BCUT2D eigenvalue weighted by atomic mass is 10.2. The van der Waals surface area contributed by atoms with Crippen LogP contribution in [0.25, 0.3) is 0 Å². The van der Waals surface area contributed by atoms with E-state index in [1.807, 2.05) is 36.1 Å². The zero-order valence-electron chi connectivity index (χ0n) is 13.4. The number of likely N-dealkylation sites (N-methyl/N-ethyl adjacent to an activating group) is 1. The van der Waals surface area contributed by atoms with Gasteiger partial charge in [0.15, 0.2) is 0 Å². The number of benzene rings is 2. The largest absolute Gasteiger partial charge is 0.497 e. The molecule has 0 spiro atoms. The van der Waals surface area contributed by atoms with E-state index in [0.29, 0.717) is 18.8 Å². The van der Waals surface area contributed by atoms with E-state index >= 15 is 0 Å². The van der Waals surface area contributed by atoms with Gasteiger partial charge in [-0.2, -0.15) is 0 Å². The standard InChI is InChI=1S/C18H21FN2O2/c1-3-21(16-6-4-5-15(19)11-16)13-18(22)20-12-14-7-9-17(23-2)10-8-14/h4-11H,3,12-13H2,1-2H3,(H,20,22). The maximum absolute atomic E-state index is 13.3. The van der Waals surface area contributed by atoms with Crippen molar-refractivity contribution in [1.82, 2.24) is 5.32 Å². The maximum Gasteiger partial charge on any atom is 0.239 e. The monoisotopic (exact) mass is 316 g/mol. The van der Waals surface area contributed by atoms with Crippen LogP contribution >= 0.6 is 0 Å². The second kappa shape index (κ2) is 8.17. The average molecular weight is 316 g/mol. The second-order valence-corrected chi connectivity index (χ2v) is 5.12. The summed E-state index contributed by atoms with van der Waals surface area (Å²) in [6, 6.07) is 13.8. The number of nitrogens with zero attached hydrogens (tertiary/aromatic N) is 1. The molecule has 23 heavy (non-hydrogen) atoms. The molecule has 1 amide bonds. The molecule has 122 valence electrons. The first-order chi connectivity index (χ1) is 11.1. The normalized spacial score (nSPS) is 10.2. The molecule has 0 aliphatic rings. The Kier molecular flexibility index (Phi) is 5.97. The Labute approximate surface area is 135 Å². The lowest BCUT2D eigenvalue weighted by Crippen LogP contribution is -2.37. The first-order valence-electron chi connectivity index (χ1n) is 7.52. The van der Waals surface area contributed by atoms with Gasteiger partial charge in [-0.3, -0.25) is 4.79 Å². The number of anilines is 1. The molecule has 0 heterocycles. The fraction of sp³-hybridized carbons (Fsp3) is 0.278. The van der Waals surface area contributed by atoms with Gasteiger partial charge in [-0.25, -0.2) is 4.39 Å². The highest BCUT2D eigenvalue weighted by Gasteiger charge is 2.10. The van der Waals surface area contributed by atoms with Gasteiger partial charge < -0.3 is 15.0 Å². The number of hydrogen-bond acceptors (Lipinski definition) is 3. The highest BCUT2D eigenvalue weighted by Crippen LogP contribution is 2.15. The molecule has 2 aromatic rings. The molecule has 1 N–H and O–H groups in total. The Morgan fingerprint density at radius 2 is 1.96 bits per heavy atom. The Bertz CT molecular complexity index is 644. The molecule has 0 radical (unpaired) electrons. The van der Waals surface area contributed by atoms with E-state index in [0.717, 1.165) is 11.3 Å². The summed E-state index contributed by atoms with van der Waals surface area (Å²) in [5.74, 6) is 0.370. The topological polar surface area (TPSA) is 41.6 Å². The van der Waals surface area contributed by atoms with Gasteiger partial charge in [0.1, 0.15) is 11.6 Å². The van der Waals surface area contributed by atoms with Crippen molar-refractivity contribution in [3.05, 3.63) is 59.9 Å². The summed E-state index contributed by atoms with van der Waals surface area (Å²) in [5.41, 5.74) is 1.69. The maximum atomic E-state index is 13.3. The fourth-order valence-corrected chi connectivity index (χ4v) is 2.23. The molecule has 0 bridgehead atoms. The van der Waals surface area contributed by atoms with Gasteiger partial charge in [-0.1, -0.05) is 18.2 Å². The van der Waals surface area contributed by atoms with Gasteiger partial charge in [0.25, 0.3) is 0 Å².